The fraction of sp³-hybridized carbons (Fsp3) is 0.368. The number of aliphatic hydroxyl groups excluding tert-OH is 5. The maximum atomic E-state index is 12.4. The minimum Gasteiger partial charge on any atom is -0.463 e. The normalized spacial score (nSPS) is 16.1. The molecule has 2 aromatic rings. The van der Waals surface area contributed by atoms with E-state index in [2.05, 4.69) is 0 Å². The van der Waals surface area contributed by atoms with E-state index in [0.29, 0.717) is 11.0 Å². The van der Waals surface area contributed by atoms with Crippen molar-refractivity contribution in [3.63, 3.8) is 0 Å². The smallest absolute Gasteiger partial charge is 0.246 e. The molecule has 5 N–H and O–H groups in total. The van der Waals surface area contributed by atoms with Gasteiger partial charge in [-0.1, -0.05) is 12.1 Å². The molecule has 0 spiro atoms. The van der Waals surface area contributed by atoms with E-state index in [1.165, 1.54) is 19.4 Å². The van der Waals surface area contributed by atoms with Crippen LogP contribution in [-0.4, -0.2) is 81.0 Å². The molecule has 1 heterocycles. The number of fused-ring (bicyclic) bond motifs is 1. The average Bonchev–Trinajstić information content (AvgIpc) is 2.71. The zero-order chi connectivity index (χ0) is 20.8. The van der Waals surface area contributed by atoms with Gasteiger partial charge >= 0.3 is 0 Å². The molecule has 0 aliphatic rings. The molecule has 9 heteroatoms. The van der Waals surface area contributed by atoms with Crippen LogP contribution in [0.25, 0.3) is 17.0 Å². The van der Waals surface area contributed by atoms with E-state index in [-0.39, 0.29) is 17.5 Å². The Hall–Kier alpha value is -2.56. The highest BCUT2D eigenvalue weighted by atomic mass is 16.4. The predicted octanol–water partition coefficient (Wildman–Crippen LogP) is -1.30. The molecule has 152 valence electrons. The predicted molar refractivity (Wildman–Crippen MR) is 100 cm³/mol. The fourth-order valence-electron chi connectivity index (χ4n) is 2.54. The number of rotatable bonds is 8. The molecule has 4 atom stereocenters. The highest BCUT2D eigenvalue weighted by Crippen LogP contribution is 2.11. The quantitative estimate of drug-likeness (QED) is 0.347. The van der Waals surface area contributed by atoms with Crippen molar-refractivity contribution in [2.45, 2.75) is 24.4 Å². The molecule has 1 aromatic carbocycles. The number of benzene rings is 1. The number of carbonyl (C=O) groups is 1. The second kappa shape index (κ2) is 9.58. The van der Waals surface area contributed by atoms with E-state index in [0.717, 1.165) is 11.0 Å². The van der Waals surface area contributed by atoms with Gasteiger partial charge in [-0.05, 0) is 18.2 Å². The summed E-state index contributed by atoms with van der Waals surface area (Å²) in [5, 5.41) is 47.7. The van der Waals surface area contributed by atoms with E-state index < -0.39 is 36.9 Å². The number of likely N-dealkylation sites (N-methyl/N-ethyl adjacent to an activating group) is 1. The van der Waals surface area contributed by atoms with Crippen LogP contribution in [0.4, 0.5) is 0 Å². The second-order valence-corrected chi connectivity index (χ2v) is 6.37. The van der Waals surface area contributed by atoms with Crippen LogP contribution in [0.15, 0.2) is 45.8 Å². The Labute approximate surface area is 160 Å². The molecule has 4 unspecified atom stereocenters. The Morgan fingerprint density at radius 2 is 1.79 bits per heavy atom. The zero-order valence-corrected chi connectivity index (χ0v) is 15.2. The molecule has 0 aliphatic carbocycles. The van der Waals surface area contributed by atoms with Crippen molar-refractivity contribution in [1.29, 1.82) is 0 Å². The minimum absolute atomic E-state index is 0.169. The lowest BCUT2D eigenvalue weighted by atomic mass is 10.0. The summed E-state index contributed by atoms with van der Waals surface area (Å²) in [7, 11) is 1.35. The highest BCUT2D eigenvalue weighted by Gasteiger charge is 2.31. The number of carbonyl (C=O) groups excluding carboxylic acids is 1. The number of nitrogens with zero attached hydrogens (tertiary/aromatic N) is 1. The number of aliphatic hydroxyl groups is 5. The van der Waals surface area contributed by atoms with Crippen molar-refractivity contribution in [3.8, 4) is 0 Å². The Morgan fingerprint density at radius 3 is 2.46 bits per heavy atom. The second-order valence-electron chi connectivity index (χ2n) is 6.37. The molecular weight excluding hydrogens is 370 g/mol. The van der Waals surface area contributed by atoms with Gasteiger partial charge in [-0.15, -0.1) is 0 Å². The summed E-state index contributed by atoms with van der Waals surface area (Å²) in [6.07, 6.45) is -3.11. The highest BCUT2D eigenvalue weighted by molar-refractivity contribution is 5.92. The molecule has 2 rings (SSSR count). The van der Waals surface area contributed by atoms with Gasteiger partial charge < -0.3 is 34.8 Å². The van der Waals surface area contributed by atoms with Gasteiger partial charge in [0.25, 0.3) is 0 Å². The van der Waals surface area contributed by atoms with Gasteiger partial charge in [0.15, 0.2) is 5.43 Å². The van der Waals surface area contributed by atoms with E-state index in [4.69, 9.17) is 9.52 Å². The van der Waals surface area contributed by atoms with Gasteiger partial charge in [0.05, 0.1) is 17.6 Å². The molecule has 1 amide bonds. The number of hydrogen-bond donors (Lipinski definition) is 5. The molecule has 9 nitrogen and oxygen atoms in total. The first-order chi connectivity index (χ1) is 13.3. The minimum atomic E-state index is -1.78. The maximum absolute atomic E-state index is 12.4. The third-order valence-corrected chi connectivity index (χ3v) is 4.27. The maximum Gasteiger partial charge on any atom is 0.246 e. The molecule has 0 aliphatic heterocycles. The van der Waals surface area contributed by atoms with Gasteiger partial charge in [-0.25, -0.2) is 0 Å². The lowest BCUT2D eigenvalue weighted by molar-refractivity contribution is -0.133. The van der Waals surface area contributed by atoms with Crippen molar-refractivity contribution in [2.24, 2.45) is 0 Å². The van der Waals surface area contributed by atoms with Crippen LogP contribution >= 0.6 is 0 Å². The molecule has 0 saturated carbocycles. The van der Waals surface area contributed by atoms with E-state index in [1.54, 1.807) is 24.3 Å². The summed E-state index contributed by atoms with van der Waals surface area (Å²) in [4.78, 5) is 25.6. The topological polar surface area (TPSA) is 152 Å². The van der Waals surface area contributed by atoms with Crippen molar-refractivity contribution < 1.29 is 34.7 Å². The van der Waals surface area contributed by atoms with Crippen molar-refractivity contribution in [3.05, 3.63) is 52.4 Å². The van der Waals surface area contributed by atoms with Gasteiger partial charge in [0.2, 0.25) is 5.91 Å². The molecule has 0 fully saturated rings. The number of amides is 1. The largest absolute Gasteiger partial charge is 0.463 e. The zero-order valence-electron chi connectivity index (χ0n) is 15.2. The van der Waals surface area contributed by atoms with Crippen LogP contribution in [0.5, 0.6) is 0 Å². The van der Waals surface area contributed by atoms with Gasteiger partial charge in [-0.2, -0.15) is 0 Å². The summed E-state index contributed by atoms with van der Waals surface area (Å²) in [5.74, 6) is -0.573. The van der Waals surface area contributed by atoms with Gasteiger partial charge in [-0.3, -0.25) is 9.59 Å². The van der Waals surface area contributed by atoms with E-state index >= 15 is 0 Å². The number of para-hydroxylation sites is 1. The lowest BCUT2D eigenvalue weighted by Crippen LogP contribution is -2.49. The fourth-order valence-corrected chi connectivity index (χ4v) is 2.54. The summed E-state index contributed by atoms with van der Waals surface area (Å²) >= 11 is 0. The first-order valence-corrected chi connectivity index (χ1v) is 8.53. The molecule has 1 aromatic heterocycles. The standard InChI is InChI=1S/C19H23NO8/c1-20(8-13(22)18(26)19(27)14(23)9-21)16(24)7-6-11-10-28-15-5-3-2-4-12(15)17(11)25/h2-7,10,13-14,18-19,21-23,26-27H,8-9H2,1H3/b7-6+. The first kappa shape index (κ1) is 21.7. The van der Waals surface area contributed by atoms with Crippen LogP contribution in [0, 0.1) is 0 Å². The van der Waals surface area contributed by atoms with Crippen LogP contribution in [0.1, 0.15) is 5.56 Å². The molecule has 28 heavy (non-hydrogen) atoms. The van der Waals surface area contributed by atoms with Crippen molar-refractivity contribution in [2.75, 3.05) is 20.2 Å². The van der Waals surface area contributed by atoms with Crippen molar-refractivity contribution in [1.82, 2.24) is 4.90 Å². The summed E-state index contributed by atoms with van der Waals surface area (Å²) in [6, 6.07) is 6.68. The SMILES string of the molecule is CN(CC(O)C(O)C(O)C(O)CO)C(=O)/C=C/c1coc2ccccc2c1=O. The summed E-state index contributed by atoms with van der Waals surface area (Å²) < 4.78 is 5.35. The van der Waals surface area contributed by atoms with E-state index in [1.807, 2.05) is 0 Å². The van der Waals surface area contributed by atoms with Crippen LogP contribution < -0.4 is 5.43 Å². The van der Waals surface area contributed by atoms with Crippen molar-refractivity contribution >= 4 is 23.0 Å². The molecule has 0 bridgehead atoms. The first-order valence-electron chi connectivity index (χ1n) is 8.53. The monoisotopic (exact) mass is 393 g/mol. The molecule has 0 radical (unpaired) electrons. The van der Waals surface area contributed by atoms with Gasteiger partial charge in [0, 0.05) is 19.7 Å². The Kier molecular flexibility index (Phi) is 7.44. The Balaban J connectivity index is 2.04. The average molecular weight is 393 g/mol. The molecular formula is C19H23NO8. The summed E-state index contributed by atoms with van der Waals surface area (Å²) in [6.45, 7) is -1.15. The van der Waals surface area contributed by atoms with Crippen LogP contribution in [-0.2, 0) is 4.79 Å². The van der Waals surface area contributed by atoms with Crippen LogP contribution in [0.2, 0.25) is 0 Å². The Bertz CT molecular complexity index is 893. The third kappa shape index (κ3) is 5.03. The molecule has 0 saturated heterocycles. The summed E-state index contributed by atoms with van der Waals surface area (Å²) in [5.41, 5.74) is 0.293. The van der Waals surface area contributed by atoms with E-state index in [9.17, 15) is 30.0 Å². The Morgan fingerprint density at radius 1 is 1.14 bits per heavy atom. The van der Waals surface area contributed by atoms with Gasteiger partial charge in [0.1, 0.15) is 36.3 Å². The number of hydrogen-bond acceptors (Lipinski definition) is 8. The lowest BCUT2D eigenvalue weighted by Gasteiger charge is -2.28. The third-order valence-electron chi connectivity index (χ3n) is 4.27. The van der Waals surface area contributed by atoms with Crippen LogP contribution in [0.3, 0.4) is 0 Å².